The van der Waals surface area contributed by atoms with Gasteiger partial charge in [-0.15, -0.1) is 0 Å². The van der Waals surface area contributed by atoms with Crippen molar-refractivity contribution in [3.63, 3.8) is 0 Å². The van der Waals surface area contributed by atoms with Gasteiger partial charge < -0.3 is 15.6 Å². The van der Waals surface area contributed by atoms with E-state index in [1.54, 1.807) is 24.3 Å². The van der Waals surface area contributed by atoms with E-state index in [9.17, 15) is 9.59 Å². The predicted octanol–water partition coefficient (Wildman–Crippen LogP) is 3.38. The number of aromatic nitrogens is 1. The maximum atomic E-state index is 12.5. The average Bonchev–Trinajstić information content (AvgIpc) is 3.15. The van der Waals surface area contributed by atoms with E-state index in [2.05, 4.69) is 38.7 Å². The maximum Gasteiger partial charge on any atom is 0.251 e. The summed E-state index contributed by atoms with van der Waals surface area (Å²) in [5, 5.41) is 6.82. The molecule has 3 rings (SSSR count). The highest BCUT2D eigenvalue weighted by Crippen LogP contribution is 2.16. The molecule has 28 heavy (non-hydrogen) atoms. The van der Waals surface area contributed by atoms with Crippen molar-refractivity contribution in [2.45, 2.75) is 20.4 Å². The molecule has 0 atom stereocenters. The van der Waals surface area contributed by atoms with E-state index in [1.165, 1.54) is 10.9 Å². The van der Waals surface area contributed by atoms with Gasteiger partial charge in [0.1, 0.15) is 0 Å². The number of carbonyl (C=O) groups is 2. The van der Waals surface area contributed by atoms with Crippen molar-refractivity contribution >= 4 is 28.4 Å². The van der Waals surface area contributed by atoms with Crippen LogP contribution in [0.2, 0.25) is 0 Å². The molecule has 0 bridgehead atoms. The molecule has 0 fully saturated rings. The smallest absolute Gasteiger partial charge is 0.251 e. The number of amides is 2. The molecule has 3 aromatic rings. The number of fused-ring (bicyclic) bond motifs is 1. The molecule has 0 aliphatic carbocycles. The highest BCUT2D eigenvalue weighted by Gasteiger charge is 2.12. The number of carbonyl (C=O) groups excluding carboxylic acids is 2. The molecule has 2 amide bonds. The van der Waals surface area contributed by atoms with Gasteiger partial charge in [0.05, 0.1) is 6.54 Å². The number of benzene rings is 2. The number of nitrogens with one attached hydrogen (secondary N) is 3. The van der Waals surface area contributed by atoms with Crippen LogP contribution in [0.3, 0.4) is 0 Å². The minimum absolute atomic E-state index is 0.0994. The lowest BCUT2D eigenvalue weighted by molar-refractivity contribution is -0.117. The van der Waals surface area contributed by atoms with E-state index in [4.69, 9.17) is 0 Å². The summed E-state index contributed by atoms with van der Waals surface area (Å²) in [4.78, 5) is 29.7. The quantitative estimate of drug-likeness (QED) is 0.562. The fourth-order valence-corrected chi connectivity index (χ4v) is 3.14. The second-order valence-electron chi connectivity index (χ2n) is 6.69. The Morgan fingerprint density at radius 3 is 2.71 bits per heavy atom. The molecule has 0 saturated heterocycles. The number of rotatable bonds is 8. The van der Waals surface area contributed by atoms with Gasteiger partial charge in [0, 0.05) is 36.1 Å². The first-order valence-corrected chi connectivity index (χ1v) is 9.55. The Bertz CT molecular complexity index is 964. The summed E-state index contributed by atoms with van der Waals surface area (Å²) in [6.07, 6.45) is 1.92. The predicted molar refractivity (Wildman–Crippen MR) is 112 cm³/mol. The van der Waals surface area contributed by atoms with E-state index in [1.807, 2.05) is 26.1 Å². The number of aromatic amines is 1. The summed E-state index contributed by atoms with van der Waals surface area (Å²) >= 11 is 0. The molecule has 0 radical (unpaired) electrons. The number of hydrogen-bond acceptors (Lipinski definition) is 3. The molecular weight excluding hydrogens is 352 g/mol. The Morgan fingerprint density at radius 2 is 1.93 bits per heavy atom. The molecule has 6 nitrogen and oxygen atoms in total. The molecule has 2 aromatic carbocycles. The van der Waals surface area contributed by atoms with Crippen molar-refractivity contribution in [2.24, 2.45) is 0 Å². The third-order valence-electron chi connectivity index (χ3n) is 4.58. The molecule has 146 valence electrons. The Morgan fingerprint density at radius 1 is 1.07 bits per heavy atom. The molecular formula is C22H26N4O2. The van der Waals surface area contributed by atoms with Crippen LogP contribution in [0.25, 0.3) is 10.9 Å². The lowest BCUT2D eigenvalue weighted by atomic mass is 10.1. The Hall–Kier alpha value is -3.12. The van der Waals surface area contributed by atoms with Crippen LogP contribution in [0.15, 0.2) is 54.7 Å². The van der Waals surface area contributed by atoms with Crippen LogP contribution < -0.4 is 10.6 Å². The lowest BCUT2D eigenvalue weighted by Gasteiger charge is -2.20. The van der Waals surface area contributed by atoms with Crippen LogP contribution in [-0.2, 0) is 11.3 Å². The molecule has 0 spiro atoms. The second kappa shape index (κ2) is 9.19. The first kappa shape index (κ1) is 19.6. The maximum absolute atomic E-state index is 12.5. The van der Waals surface area contributed by atoms with Crippen molar-refractivity contribution in [3.05, 3.63) is 65.9 Å². The Labute approximate surface area is 164 Å². The topological polar surface area (TPSA) is 77.2 Å². The number of H-pyrrole nitrogens is 1. The van der Waals surface area contributed by atoms with Gasteiger partial charge in [0.25, 0.3) is 5.91 Å². The van der Waals surface area contributed by atoms with Crippen LogP contribution >= 0.6 is 0 Å². The van der Waals surface area contributed by atoms with E-state index < -0.39 is 0 Å². The fourth-order valence-electron chi connectivity index (χ4n) is 3.14. The summed E-state index contributed by atoms with van der Waals surface area (Å²) < 4.78 is 0. The zero-order valence-electron chi connectivity index (χ0n) is 16.3. The monoisotopic (exact) mass is 378 g/mol. The van der Waals surface area contributed by atoms with Gasteiger partial charge in [-0.25, -0.2) is 0 Å². The van der Waals surface area contributed by atoms with Crippen LogP contribution in [0.1, 0.15) is 29.8 Å². The largest absolute Gasteiger partial charge is 0.361 e. The SMILES string of the molecule is CCNC(=O)c1cccc(NC(=O)CN(CC)Cc2ccc3[nH]ccc3c2)c1. The van der Waals surface area contributed by atoms with E-state index in [0.717, 1.165) is 12.1 Å². The molecule has 1 aromatic heterocycles. The Kier molecular flexibility index (Phi) is 6.45. The molecule has 0 aliphatic rings. The zero-order chi connectivity index (χ0) is 19.9. The number of hydrogen-bond donors (Lipinski definition) is 3. The van der Waals surface area contributed by atoms with Gasteiger partial charge >= 0.3 is 0 Å². The number of nitrogens with zero attached hydrogens (tertiary/aromatic N) is 1. The van der Waals surface area contributed by atoms with Crippen LogP contribution in [-0.4, -0.2) is 41.3 Å². The summed E-state index contributed by atoms with van der Waals surface area (Å²) in [6.45, 7) is 6.22. The molecule has 1 heterocycles. The summed E-state index contributed by atoms with van der Waals surface area (Å²) in [6, 6.07) is 15.3. The van der Waals surface area contributed by atoms with Gasteiger partial charge in [-0.1, -0.05) is 19.1 Å². The first-order valence-electron chi connectivity index (χ1n) is 9.55. The lowest BCUT2D eigenvalue weighted by Crippen LogP contribution is -2.32. The van der Waals surface area contributed by atoms with E-state index in [-0.39, 0.29) is 18.4 Å². The van der Waals surface area contributed by atoms with Gasteiger partial charge in [-0.05, 0) is 60.8 Å². The number of anilines is 1. The minimum Gasteiger partial charge on any atom is -0.361 e. The third kappa shape index (κ3) is 4.98. The van der Waals surface area contributed by atoms with Crippen LogP contribution in [0, 0.1) is 0 Å². The average molecular weight is 378 g/mol. The Balaban J connectivity index is 1.60. The third-order valence-corrected chi connectivity index (χ3v) is 4.58. The summed E-state index contributed by atoms with van der Waals surface area (Å²) in [5.41, 5.74) is 3.43. The van der Waals surface area contributed by atoms with Gasteiger partial charge in [-0.3, -0.25) is 14.5 Å². The standard InChI is InChI=1S/C22H26N4O2/c1-3-23-22(28)18-6-5-7-19(13-18)25-21(27)15-26(4-2)14-16-8-9-20-17(12-16)10-11-24-20/h5-13,24H,3-4,14-15H2,1-2H3,(H,23,28)(H,25,27). The van der Waals surface area contributed by atoms with Gasteiger partial charge in [0.15, 0.2) is 0 Å². The highest BCUT2D eigenvalue weighted by molar-refractivity contribution is 5.97. The van der Waals surface area contributed by atoms with Gasteiger partial charge in [-0.2, -0.15) is 0 Å². The van der Waals surface area contributed by atoms with Crippen molar-refractivity contribution in [3.8, 4) is 0 Å². The van der Waals surface area contributed by atoms with Crippen molar-refractivity contribution in [1.29, 1.82) is 0 Å². The summed E-state index contributed by atoms with van der Waals surface area (Å²) in [7, 11) is 0. The van der Waals surface area contributed by atoms with E-state index >= 15 is 0 Å². The van der Waals surface area contributed by atoms with Crippen molar-refractivity contribution in [2.75, 3.05) is 25.0 Å². The van der Waals surface area contributed by atoms with Gasteiger partial charge in [0.2, 0.25) is 5.91 Å². The van der Waals surface area contributed by atoms with Crippen molar-refractivity contribution < 1.29 is 9.59 Å². The first-order chi connectivity index (χ1) is 13.6. The minimum atomic E-state index is -0.145. The van der Waals surface area contributed by atoms with Crippen molar-refractivity contribution in [1.82, 2.24) is 15.2 Å². The molecule has 6 heteroatoms. The van der Waals surface area contributed by atoms with E-state index in [0.29, 0.717) is 24.3 Å². The normalized spacial score (nSPS) is 11.0. The number of likely N-dealkylation sites (N-methyl/N-ethyl adjacent to an activating group) is 1. The second-order valence-corrected chi connectivity index (χ2v) is 6.69. The molecule has 0 unspecified atom stereocenters. The van der Waals surface area contributed by atoms with Crippen LogP contribution in [0.4, 0.5) is 5.69 Å². The van der Waals surface area contributed by atoms with Crippen LogP contribution in [0.5, 0.6) is 0 Å². The summed E-state index contributed by atoms with van der Waals surface area (Å²) in [5.74, 6) is -0.244. The molecule has 0 saturated carbocycles. The highest BCUT2D eigenvalue weighted by atomic mass is 16.2. The fraction of sp³-hybridized carbons (Fsp3) is 0.273. The zero-order valence-corrected chi connectivity index (χ0v) is 16.3. The molecule has 0 aliphatic heterocycles. The molecule has 3 N–H and O–H groups in total.